The van der Waals surface area contributed by atoms with E-state index in [-0.39, 0.29) is 11.3 Å². The van der Waals surface area contributed by atoms with E-state index in [4.69, 9.17) is 16.3 Å². The summed E-state index contributed by atoms with van der Waals surface area (Å²) >= 11 is 5.91. The molecule has 0 saturated carbocycles. The SMILES string of the molecule is COCCCN1C(=O)C(=O)C(=C(O)c2ccc(Cl)cc2)[C@@H]1c1ccccc1. The number of aliphatic hydroxyl groups is 1. The van der Waals surface area contributed by atoms with E-state index in [0.717, 1.165) is 5.56 Å². The first-order chi connectivity index (χ1) is 13.0. The summed E-state index contributed by atoms with van der Waals surface area (Å²) in [6.45, 7) is 0.830. The summed E-state index contributed by atoms with van der Waals surface area (Å²) in [7, 11) is 1.59. The van der Waals surface area contributed by atoms with Gasteiger partial charge in [-0.1, -0.05) is 41.9 Å². The second-order valence-electron chi connectivity index (χ2n) is 6.26. The van der Waals surface area contributed by atoms with E-state index in [0.29, 0.717) is 30.2 Å². The highest BCUT2D eigenvalue weighted by Crippen LogP contribution is 2.39. The monoisotopic (exact) mass is 385 g/mol. The number of carbonyl (C=O) groups is 2. The molecule has 5 nitrogen and oxygen atoms in total. The smallest absolute Gasteiger partial charge is 0.295 e. The lowest BCUT2D eigenvalue weighted by Crippen LogP contribution is -2.31. The predicted octanol–water partition coefficient (Wildman–Crippen LogP) is 3.80. The normalized spacial score (nSPS) is 18.9. The van der Waals surface area contributed by atoms with Crippen molar-refractivity contribution in [3.8, 4) is 0 Å². The highest BCUT2D eigenvalue weighted by molar-refractivity contribution is 6.46. The van der Waals surface area contributed by atoms with Crippen molar-refractivity contribution in [3.63, 3.8) is 0 Å². The van der Waals surface area contributed by atoms with Gasteiger partial charge in [-0.15, -0.1) is 0 Å². The van der Waals surface area contributed by atoms with E-state index in [2.05, 4.69) is 0 Å². The molecule has 0 radical (unpaired) electrons. The summed E-state index contributed by atoms with van der Waals surface area (Å²) in [5, 5.41) is 11.4. The quantitative estimate of drug-likeness (QED) is 0.355. The third-order valence-electron chi connectivity index (χ3n) is 4.52. The first kappa shape index (κ1) is 19.1. The fourth-order valence-electron chi connectivity index (χ4n) is 3.24. The van der Waals surface area contributed by atoms with Gasteiger partial charge in [-0.25, -0.2) is 0 Å². The van der Waals surface area contributed by atoms with Crippen molar-refractivity contribution in [2.75, 3.05) is 20.3 Å². The third kappa shape index (κ3) is 3.89. The highest BCUT2D eigenvalue weighted by atomic mass is 35.5. The van der Waals surface area contributed by atoms with Crippen molar-refractivity contribution in [2.24, 2.45) is 0 Å². The predicted molar refractivity (Wildman–Crippen MR) is 103 cm³/mol. The van der Waals surface area contributed by atoms with Crippen molar-refractivity contribution in [3.05, 3.63) is 76.3 Å². The van der Waals surface area contributed by atoms with Gasteiger partial charge < -0.3 is 14.7 Å². The van der Waals surface area contributed by atoms with Gasteiger partial charge in [0, 0.05) is 30.8 Å². The van der Waals surface area contributed by atoms with Gasteiger partial charge in [-0.3, -0.25) is 9.59 Å². The molecule has 0 unspecified atom stereocenters. The summed E-state index contributed by atoms with van der Waals surface area (Å²) in [4.78, 5) is 26.9. The summed E-state index contributed by atoms with van der Waals surface area (Å²) in [6.07, 6.45) is 0.591. The maximum atomic E-state index is 12.7. The maximum Gasteiger partial charge on any atom is 0.295 e. The van der Waals surface area contributed by atoms with Gasteiger partial charge in [-0.2, -0.15) is 0 Å². The second-order valence-corrected chi connectivity index (χ2v) is 6.69. The van der Waals surface area contributed by atoms with E-state index in [1.165, 1.54) is 4.90 Å². The molecule has 1 aliphatic heterocycles. The molecule has 1 N–H and O–H groups in total. The number of carbonyl (C=O) groups excluding carboxylic acids is 2. The Labute approximate surface area is 162 Å². The van der Waals surface area contributed by atoms with Crippen LogP contribution < -0.4 is 0 Å². The number of hydrogen-bond donors (Lipinski definition) is 1. The van der Waals surface area contributed by atoms with Crippen LogP contribution in [0.5, 0.6) is 0 Å². The molecule has 1 fully saturated rings. The maximum absolute atomic E-state index is 12.7. The molecule has 1 amide bonds. The molecular formula is C21H20ClNO4. The number of methoxy groups -OCH3 is 1. The molecule has 0 spiro atoms. The Bertz CT molecular complexity index is 862. The van der Waals surface area contributed by atoms with E-state index >= 15 is 0 Å². The summed E-state index contributed by atoms with van der Waals surface area (Å²) in [5.74, 6) is -1.50. The van der Waals surface area contributed by atoms with E-state index in [1.807, 2.05) is 30.3 Å². The molecule has 2 aromatic carbocycles. The largest absolute Gasteiger partial charge is 0.507 e. The van der Waals surface area contributed by atoms with Crippen LogP contribution in [0.3, 0.4) is 0 Å². The minimum absolute atomic E-state index is 0.0888. The molecule has 1 saturated heterocycles. The number of halogens is 1. The van der Waals surface area contributed by atoms with E-state index in [1.54, 1.807) is 31.4 Å². The lowest BCUT2D eigenvalue weighted by molar-refractivity contribution is -0.140. The molecule has 0 aromatic heterocycles. The molecule has 1 aliphatic rings. The van der Waals surface area contributed by atoms with Gasteiger partial charge in [0.15, 0.2) is 0 Å². The molecule has 1 heterocycles. The summed E-state index contributed by atoms with van der Waals surface area (Å²) < 4.78 is 5.06. The Balaban J connectivity index is 2.09. The van der Waals surface area contributed by atoms with Crippen LogP contribution in [-0.4, -0.2) is 42.0 Å². The lowest BCUT2D eigenvalue weighted by atomic mass is 9.95. The van der Waals surface area contributed by atoms with Crippen LogP contribution in [0.2, 0.25) is 5.02 Å². The molecule has 140 valence electrons. The van der Waals surface area contributed by atoms with E-state index in [9.17, 15) is 14.7 Å². The van der Waals surface area contributed by atoms with Crippen molar-refractivity contribution in [1.82, 2.24) is 4.90 Å². The zero-order valence-corrected chi connectivity index (χ0v) is 15.6. The van der Waals surface area contributed by atoms with Crippen molar-refractivity contribution in [1.29, 1.82) is 0 Å². The van der Waals surface area contributed by atoms with Crippen LogP contribution in [0.25, 0.3) is 5.76 Å². The average Bonchev–Trinajstić information content (AvgIpc) is 2.94. The van der Waals surface area contributed by atoms with Gasteiger partial charge in [0.05, 0.1) is 11.6 Å². The van der Waals surface area contributed by atoms with Gasteiger partial charge in [0.1, 0.15) is 5.76 Å². The first-order valence-corrected chi connectivity index (χ1v) is 9.00. The van der Waals surface area contributed by atoms with Crippen molar-refractivity contribution < 1.29 is 19.4 Å². The summed E-state index contributed by atoms with van der Waals surface area (Å²) in [5.41, 5.74) is 1.30. The number of ketones is 1. The van der Waals surface area contributed by atoms with Crippen molar-refractivity contribution in [2.45, 2.75) is 12.5 Å². The first-order valence-electron chi connectivity index (χ1n) is 8.63. The Morgan fingerprint density at radius 3 is 2.41 bits per heavy atom. The van der Waals surface area contributed by atoms with Crippen LogP contribution >= 0.6 is 11.6 Å². The molecule has 2 aromatic rings. The number of rotatable bonds is 6. The fourth-order valence-corrected chi connectivity index (χ4v) is 3.36. The molecule has 1 atom stereocenters. The Morgan fingerprint density at radius 1 is 1.11 bits per heavy atom. The van der Waals surface area contributed by atoms with Crippen molar-refractivity contribution >= 4 is 29.1 Å². The minimum atomic E-state index is -0.686. The topological polar surface area (TPSA) is 66.8 Å². The molecule has 6 heteroatoms. The molecule has 0 aliphatic carbocycles. The average molecular weight is 386 g/mol. The number of amides is 1. The number of Topliss-reactive ketones (excluding diaryl/α,β-unsaturated/α-hetero) is 1. The Kier molecular flexibility index (Phi) is 5.94. The van der Waals surface area contributed by atoms with Crippen LogP contribution in [0.15, 0.2) is 60.2 Å². The van der Waals surface area contributed by atoms with Gasteiger partial charge in [0.2, 0.25) is 0 Å². The number of likely N-dealkylation sites (tertiary alicyclic amines) is 1. The number of hydrogen-bond acceptors (Lipinski definition) is 4. The lowest BCUT2D eigenvalue weighted by Gasteiger charge is -2.25. The summed E-state index contributed by atoms with van der Waals surface area (Å²) in [6, 6.07) is 15.1. The molecule has 3 rings (SSSR count). The second kappa shape index (κ2) is 8.37. The number of ether oxygens (including phenoxy) is 1. The van der Waals surface area contributed by atoms with Crippen LogP contribution in [-0.2, 0) is 14.3 Å². The number of aliphatic hydroxyl groups excluding tert-OH is 1. The van der Waals surface area contributed by atoms with Gasteiger partial charge in [0.25, 0.3) is 11.7 Å². The Hall–Kier alpha value is -2.63. The highest BCUT2D eigenvalue weighted by Gasteiger charge is 2.45. The molecular weight excluding hydrogens is 366 g/mol. The zero-order chi connectivity index (χ0) is 19.4. The Morgan fingerprint density at radius 2 is 1.78 bits per heavy atom. The third-order valence-corrected chi connectivity index (χ3v) is 4.77. The minimum Gasteiger partial charge on any atom is -0.507 e. The van der Waals surface area contributed by atoms with Gasteiger partial charge >= 0.3 is 0 Å². The standard InChI is InChI=1S/C21H20ClNO4/c1-27-13-5-12-23-18(14-6-3-2-4-7-14)17(20(25)21(23)26)19(24)15-8-10-16(22)11-9-15/h2-4,6-11,18,24H,5,12-13H2,1H3/t18-/m0/s1. The fraction of sp³-hybridized carbons (Fsp3) is 0.238. The van der Waals surface area contributed by atoms with Crippen LogP contribution in [0.1, 0.15) is 23.6 Å². The van der Waals surface area contributed by atoms with Crippen LogP contribution in [0.4, 0.5) is 0 Å². The number of benzene rings is 2. The molecule has 0 bridgehead atoms. The van der Waals surface area contributed by atoms with E-state index < -0.39 is 17.7 Å². The van der Waals surface area contributed by atoms with Gasteiger partial charge in [-0.05, 0) is 36.2 Å². The number of nitrogens with zero attached hydrogens (tertiary/aromatic N) is 1. The zero-order valence-electron chi connectivity index (χ0n) is 14.9. The molecule has 27 heavy (non-hydrogen) atoms. The van der Waals surface area contributed by atoms with Crippen LogP contribution in [0, 0.1) is 0 Å².